The van der Waals surface area contributed by atoms with Gasteiger partial charge in [-0.1, -0.05) is 42.8 Å². The molecule has 2 aromatic carbocycles. The Labute approximate surface area is 182 Å². The second kappa shape index (κ2) is 7.52. The highest BCUT2D eigenvalue weighted by Crippen LogP contribution is 2.30. The van der Waals surface area contributed by atoms with E-state index in [1.54, 1.807) is 30.0 Å². The first-order chi connectivity index (χ1) is 15.1. The van der Waals surface area contributed by atoms with E-state index in [0.717, 1.165) is 22.6 Å². The first-order valence-corrected chi connectivity index (χ1v) is 10.2. The minimum atomic E-state index is -0.306. The van der Waals surface area contributed by atoms with E-state index >= 15 is 0 Å². The van der Waals surface area contributed by atoms with Gasteiger partial charge in [0.15, 0.2) is 11.2 Å². The molecule has 31 heavy (non-hydrogen) atoms. The van der Waals surface area contributed by atoms with E-state index in [0.29, 0.717) is 28.3 Å². The molecule has 0 saturated carbocycles. The zero-order valence-electron chi connectivity index (χ0n) is 16.9. The molecule has 8 heteroatoms. The zero-order valence-corrected chi connectivity index (χ0v) is 17.7. The quantitative estimate of drug-likeness (QED) is 0.423. The summed E-state index contributed by atoms with van der Waals surface area (Å²) >= 11 is 6.29. The van der Waals surface area contributed by atoms with Crippen LogP contribution in [0.25, 0.3) is 33.5 Å². The molecular weight excluding hydrogens is 414 g/mol. The van der Waals surface area contributed by atoms with Crippen LogP contribution in [0.15, 0.2) is 65.6 Å². The average Bonchev–Trinajstić information content (AvgIpc) is 3.19. The molecule has 0 radical (unpaired) electrons. The van der Waals surface area contributed by atoms with Crippen molar-refractivity contribution in [2.75, 3.05) is 7.11 Å². The van der Waals surface area contributed by atoms with Crippen LogP contribution in [0, 0.1) is 0 Å². The Morgan fingerprint density at radius 2 is 1.81 bits per heavy atom. The van der Waals surface area contributed by atoms with Gasteiger partial charge in [-0.25, -0.2) is 4.52 Å². The van der Waals surface area contributed by atoms with Crippen molar-refractivity contribution in [1.82, 2.24) is 24.4 Å². The number of ether oxygens (including phenoxy) is 1. The van der Waals surface area contributed by atoms with Crippen LogP contribution in [0.5, 0.6) is 5.75 Å². The van der Waals surface area contributed by atoms with Crippen LogP contribution in [0.2, 0.25) is 5.02 Å². The summed E-state index contributed by atoms with van der Waals surface area (Å²) in [6.07, 6.45) is 2.40. The molecule has 0 saturated heterocycles. The minimum Gasteiger partial charge on any atom is -0.497 e. The Morgan fingerprint density at radius 3 is 2.52 bits per heavy atom. The average molecular weight is 432 g/mol. The molecule has 0 atom stereocenters. The SMILES string of the molecule is CCc1nn2c(nnc3c(=O)n(-c4ccccc4Cl)ccc32)c1-c1ccc(OC)cc1. The molecule has 3 heterocycles. The number of aryl methyl sites for hydroxylation is 1. The van der Waals surface area contributed by atoms with Crippen LogP contribution in [0.1, 0.15) is 12.6 Å². The Kier molecular flexibility index (Phi) is 4.67. The molecule has 5 rings (SSSR count). The molecule has 3 aromatic heterocycles. The third kappa shape index (κ3) is 3.05. The van der Waals surface area contributed by atoms with Crippen molar-refractivity contribution in [3.8, 4) is 22.6 Å². The van der Waals surface area contributed by atoms with E-state index in [9.17, 15) is 4.79 Å². The number of nitrogens with zero attached hydrogens (tertiary/aromatic N) is 5. The summed E-state index contributed by atoms with van der Waals surface area (Å²) in [4.78, 5) is 13.2. The number of methoxy groups -OCH3 is 1. The Balaban J connectivity index is 1.76. The normalized spacial score (nSPS) is 11.3. The second-order valence-corrected chi connectivity index (χ2v) is 7.42. The molecule has 0 N–H and O–H groups in total. The second-order valence-electron chi connectivity index (χ2n) is 7.02. The minimum absolute atomic E-state index is 0.223. The number of rotatable bonds is 4. The molecule has 0 aliphatic heterocycles. The molecular formula is C23H18ClN5O2. The summed E-state index contributed by atoms with van der Waals surface area (Å²) in [6, 6.07) is 16.7. The number of halogens is 1. The molecule has 0 bridgehead atoms. The lowest BCUT2D eigenvalue weighted by molar-refractivity contribution is 0.415. The molecule has 0 aliphatic rings. The summed E-state index contributed by atoms with van der Waals surface area (Å²) in [5.74, 6) is 0.773. The number of para-hydroxylation sites is 1. The van der Waals surface area contributed by atoms with Crippen molar-refractivity contribution < 1.29 is 4.74 Å². The van der Waals surface area contributed by atoms with Crippen molar-refractivity contribution >= 4 is 28.3 Å². The first-order valence-electron chi connectivity index (χ1n) is 9.81. The van der Waals surface area contributed by atoms with Crippen molar-refractivity contribution in [2.45, 2.75) is 13.3 Å². The monoisotopic (exact) mass is 431 g/mol. The molecule has 0 amide bonds. The highest BCUT2D eigenvalue weighted by Gasteiger charge is 2.19. The maximum Gasteiger partial charge on any atom is 0.285 e. The predicted octanol–water partition coefficient (Wildman–Crippen LogP) is 4.32. The van der Waals surface area contributed by atoms with Gasteiger partial charge in [0, 0.05) is 6.20 Å². The summed E-state index contributed by atoms with van der Waals surface area (Å²) in [6.45, 7) is 2.04. The van der Waals surface area contributed by atoms with Gasteiger partial charge in [-0.2, -0.15) is 5.10 Å². The fourth-order valence-electron chi connectivity index (χ4n) is 3.73. The van der Waals surface area contributed by atoms with Gasteiger partial charge in [-0.15, -0.1) is 10.2 Å². The van der Waals surface area contributed by atoms with Crippen molar-refractivity contribution in [1.29, 1.82) is 0 Å². The van der Waals surface area contributed by atoms with Gasteiger partial charge < -0.3 is 4.74 Å². The fraction of sp³-hybridized carbons (Fsp3) is 0.130. The maximum atomic E-state index is 13.2. The van der Waals surface area contributed by atoms with Crippen molar-refractivity contribution in [3.63, 3.8) is 0 Å². The van der Waals surface area contributed by atoms with Gasteiger partial charge in [-0.05, 0) is 42.3 Å². The van der Waals surface area contributed by atoms with Gasteiger partial charge in [0.25, 0.3) is 5.56 Å². The molecule has 154 valence electrons. The highest BCUT2D eigenvalue weighted by molar-refractivity contribution is 6.32. The predicted molar refractivity (Wildman–Crippen MR) is 120 cm³/mol. The topological polar surface area (TPSA) is 74.3 Å². The lowest BCUT2D eigenvalue weighted by Crippen LogP contribution is -2.20. The molecule has 0 spiro atoms. The van der Waals surface area contributed by atoms with Gasteiger partial charge in [0.1, 0.15) is 11.3 Å². The van der Waals surface area contributed by atoms with E-state index in [-0.39, 0.29) is 11.1 Å². The number of fused-ring (bicyclic) bond motifs is 3. The number of hydrogen-bond donors (Lipinski definition) is 0. The number of aromatic nitrogens is 5. The van der Waals surface area contributed by atoms with Crippen LogP contribution < -0.4 is 10.3 Å². The third-order valence-corrected chi connectivity index (χ3v) is 5.60. The number of hydrogen-bond acceptors (Lipinski definition) is 5. The van der Waals surface area contributed by atoms with Gasteiger partial charge in [-0.3, -0.25) is 9.36 Å². The fourth-order valence-corrected chi connectivity index (χ4v) is 3.96. The van der Waals surface area contributed by atoms with E-state index in [2.05, 4.69) is 10.2 Å². The summed E-state index contributed by atoms with van der Waals surface area (Å²) in [5.41, 5.74) is 4.44. The highest BCUT2D eigenvalue weighted by atomic mass is 35.5. The van der Waals surface area contributed by atoms with Crippen molar-refractivity contribution in [3.05, 3.63) is 81.9 Å². The Morgan fingerprint density at radius 1 is 1.03 bits per heavy atom. The van der Waals surface area contributed by atoms with Crippen LogP contribution >= 0.6 is 11.6 Å². The summed E-state index contributed by atoms with van der Waals surface area (Å²) in [7, 11) is 1.63. The summed E-state index contributed by atoms with van der Waals surface area (Å²) < 4.78 is 8.43. The van der Waals surface area contributed by atoms with E-state index in [4.69, 9.17) is 21.4 Å². The molecule has 0 fully saturated rings. The lowest BCUT2D eigenvalue weighted by atomic mass is 10.0. The van der Waals surface area contributed by atoms with Crippen LogP contribution in [-0.2, 0) is 6.42 Å². The number of benzene rings is 2. The Bertz CT molecular complexity index is 1490. The van der Waals surface area contributed by atoms with Gasteiger partial charge in [0.2, 0.25) is 0 Å². The summed E-state index contributed by atoms with van der Waals surface area (Å²) in [5, 5.41) is 13.9. The zero-order chi connectivity index (χ0) is 21.5. The van der Waals surface area contributed by atoms with E-state index < -0.39 is 0 Å². The molecule has 0 aliphatic carbocycles. The van der Waals surface area contributed by atoms with Gasteiger partial charge >= 0.3 is 0 Å². The van der Waals surface area contributed by atoms with Gasteiger partial charge in [0.05, 0.1) is 29.1 Å². The molecule has 7 nitrogen and oxygen atoms in total. The van der Waals surface area contributed by atoms with Crippen LogP contribution in [-0.4, -0.2) is 31.5 Å². The lowest BCUT2D eigenvalue weighted by Gasteiger charge is -2.09. The third-order valence-electron chi connectivity index (χ3n) is 5.28. The largest absolute Gasteiger partial charge is 0.497 e. The maximum absolute atomic E-state index is 13.2. The number of pyridine rings is 1. The molecule has 5 aromatic rings. The van der Waals surface area contributed by atoms with Crippen LogP contribution in [0.4, 0.5) is 0 Å². The molecule has 0 unspecified atom stereocenters. The Hall–Kier alpha value is -3.71. The van der Waals surface area contributed by atoms with E-state index in [1.807, 2.05) is 49.4 Å². The van der Waals surface area contributed by atoms with E-state index in [1.165, 1.54) is 4.57 Å². The first kappa shape index (κ1) is 19.3. The standard InChI is InChI=1S/C23H18ClN5O2/c1-3-17-20(14-8-10-15(31-2)11-9-14)22-26-25-21-19(29(22)27-17)12-13-28(23(21)30)18-7-5-4-6-16(18)24/h4-13H,3H2,1-2H3. The smallest absolute Gasteiger partial charge is 0.285 e. The van der Waals surface area contributed by atoms with Crippen LogP contribution in [0.3, 0.4) is 0 Å². The van der Waals surface area contributed by atoms with Crippen molar-refractivity contribution in [2.24, 2.45) is 0 Å².